The average molecular weight is 296 g/mol. The summed E-state index contributed by atoms with van der Waals surface area (Å²) in [6, 6.07) is 12.8. The first kappa shape index (κ1) is 14.3. The van der Waals surface area contributed by atoms with Crippen LogP contribution in [0.15, 0.2) is 54.9 Å². The van der Waals surface area contributed by atoms with Gasteiger partial charge in [-0.25, -0.2) is 0 Å². The Morgan fingerprint density at radius 2 is 1.82 bits per heavy atom. The van der Waals surface area contributed by atoms with Crippen molar-refractivity contribution in [3.63, 3.8) is 0 Å². The quantitative estimate of drug-likeness (QED) is 0.784. The van der Waals surface area contributed by atoms with E-state index in [2.05, 4.69) is 9.97 Å². The SMILES string of the molecule is COc1cccc(C(O)COc2ccc3nccnc3c2)c1. The number of hydrogen-bond donors (Lipinski definition) is 1. The lowest BCUT2D eigenvalue weighted by Gasteiger charge is -2.13. The highest BCUT2D eigenvalue weighted by Gasteiger charge is 2.10. The maximum Gasteiger partial charge on any atom is 0.121 e. The summed E-state index contributed by atoms with van der Waals surface area (Å²) in [5.74, 6) is 1.35. The number of ether oxygens (including phenoxy) is 2. The first-order valence-electron chi connectivity index (χ1n) is 6.92. The number of hydrogen-bond acceptors (Lipinski definition) is 5. The van der Waals surface area contributed by atoms with Gasteiger partial charge in [-0.3, -0.25) is 9.97 Å². The summed E-state index contributed by atoms with van der Waals surface area (Å²) in [6.45, 7) is 0.152. The Kier molecular flexibility index (Phi) is 4.16. The second-order valence-electron chi connectivity index (χ2n) is 4.81. The van der Waals surface area contributed by atoms with Crippen molar-refractivity contribution in [1.82, 2.24) is 9.97 Å². The Labute approximate surface area is 128 Å². The number of aromatic nitrogens is 2. The topological polar surface area (TPSA) is 64.5 Å². The van der Waals surface area contributed by atoms with E-state index in [9.17, 15) is 5.11 Å². The van der Waals surface area contributed by atoms with Crippen LogP contribution >= 0.6 is 0 Å². The minimum absolute atomic E-state index is 0.152. The first-order valence-corrected chi connectivity index (χ1v) is 6.92. The molecule has 1 aromatic heterocycles. The Balaban J connectivity index is 1.70. The molecule has 0 aliphatic rings. The van der Waals surface area contributed by atoms with Gasteiger partial charge in [0.15, 0.2) is 0 Å². The first-order chi connectivity index (χ1) is 10.8. The van der Waals surface area contributed by atoms with E-state index in [1.54, 1.807) is 31.6 Å². The van der Waals surface area contributed by atoms with Gasteiger partial charge in [-0.2, -0.15) is 0 Å². The molecule has 1 unspecified atom stereocenters. The van der Waals surface area contributed by atoms with Gasteiger partial charge in [-0.05, 0) is 29.8 Å². The van der Waals surface area contributed by atoms with E-state index in [1.807, 2.05) is 30.3 Å². The third-order valence-electron chi connectivity index (χ3n) is 3.33. The molecule has 3 aromatic rings. The van der Waals surface area contributed by atoms with E-state index in [-0.39, 0.29) is 6.61 Å². The van der Waals surface area contributed by atoms with Crippen LogP contribution in [0.4, 0.5) is 0 Å². The Bertz CT molecular complexity index is 776. The van der Waals surface area contributed by atoms with Crippen LogP contribution in [0.25, 0.3) is 11.0 Å². The van der Waals surface area contributed by atoms with E-state index >= 15 is 0 Å². The molecule has 0 radical (unpaired) electrons. The molecule has 0 aliphatic carbocycles. The normalized spacial score (nSPS) is 12.1. The molecule has 3 rings (SSSR count). The average Bonchev–Trinajstić information content (AvgIpc) is 2.59. The van der Waals surface area contributed by atoms with Crippen molar-refractivity contribution in [3.8, 4) is 11.5 Å². The highest BCUT2D eigenvalue weighted by molar-refractivity contribution is 5.75. The molecular formula is C17H16N2O3. The summed E-state index contributed by atoms with van der Waals surface area (Å²) in [4.78, 5) is 8.43. The standard InChI is InChI=1S/C17H16N2O3/c1-21-13-4-2-3-12(9-13)17(20)11-22-14-5-6-15-16(10-14)19-8-7-18-15/h2-10,17,20H,11H2,1H3. The van der Waals surface area contributed by atoms with Gasteiger partial charge >= 0.3 is 0 Å². The molecule has 1 heterocycles. The van der Waals surface area contributed by atoms with Crippen molar-refractivity contribution in [2.24, 2.45) is 0 Å². The number of aliphatic hydroxyl groups is 1. The van der Waals surface area contributed by atoms with E-state index in [0.717, 1.165) is 16.6 Å². The zero-order valence-electron chi connectivity index (χ0n) is 12.1. The van der Waals surface area contributed by atoms with Gasteiger partial charge in [0.25, 0.3) is 0 Å². The minimum Gasteiger partial charge on any atom is -0.497 e. The predicted molar refractivity (Wildman–Crippen MR) is 83.0 cm³/mol. The van der Waals surface area contributed by atoms with Crippen LogP contribution < -0.4 is 9.47 Å². The van der Waals surface area contributed by atoms with Crippen molar-refractivity contribution in [2.45, 2.75) is 6.10 Å². The molecule has 0 bridgehead atoms. The Morgan fingerprint density at radius 3 is 2.64 bits per heavy atom. The zero-order valence-corrected chi connectivity index (χ0v) is 12.1. The van der Waals surface area contributed by atoms with Crippen molar-refractivity contribution in [1.29, 1.82) is 0 Å². The summed E-state index contributed by atoms with van der Waals surface area (Å²) in [5, 5.41) is 10.2. The van der Waals surface area contributed by atoms with Crippen LogP contribution in [-0.4, -0.2) is 28.8 Å². The summed E-state index contributed by atoms with van der Waals surface area (Å²) < 4.78 is 10.8. The van der Waals surface area contributed by atoms with Crippen LogP contribution in [0.1, 0.15) is 11.7 Å². The van der Waals surface area contributed by atoms with Gasteiger partial charge in [0.1, 0.15) is 24.2 Å². The molecule has 0 fully saturated rings. The lowest BCUT2D eigenvalue weighted by atomic mass is 10.1. The van der Waals surface area contributed by atoms with Crippen molar-refractivity contribution < 1.29 is 14.6 Å². The van der Waals surface area contributed by atoms with Crippen LogP contribution in [0.5, 0.6) is 11.5 Å². The maximum atomic E-state index is 10.2. The molecule has 0 amide bonds. The largest absolute Gasteiger partial charge is 0.497 e. The molecule has 1 atom stereocenters. The van der Waals surface area contributed by atoms with Crippen molar-refractivity contribution in [3.05, 3.63) is 60.4 Å². The minimum atomic E-state index is -0.729. The van der Waals surface area contributed by atoms with E-state index < -0.39 is 6.10 Å². The van der Waals surface area contributed by atoms with Crippen molar-refractivity contribution in [2.75, 3.05) is 13.7 Å². The number of nitrogens with zero attached hydrogens (tertiary/aromatic N) is 2. The predicted octanol–water partition coefficient (Wildman–Crippen LogP) is 2.75. The Morgan fingerprint density at radius 1 is 1.00 bits per heavy atom. The van der Waals surface area contributed by atoms with Crippen LogP contribution in [-0.2, 0) is 0 Å². The maximum absolute atomic E-state index is 10.2. The number of methoxy groups -OCH3 is 1. The monoisotopic (exact) mass is 296 g/mol. The second kappa shape index (κ2) is 6.41. The smallest absolute Gasteiger partial charge is 0.121 e. The van der Waals surface area contributed by atoms with E-state index in [4.69, 9.17) is 9.47 Å². The fraction of sp³-hybridized carbons (Fsp3) is 0.176. The molecule has 0 saturated heterocycles. The van der Waals surface area contributed by atoms with Gasteiger partial charge in [0.05, 0.1) is 18.1 Å². The fourth-order valence-electron chi connectivity index (χ4n) is 2.15. The Hall–Kier alpha value is -2.66. The summed E-state index contributed by atoms with van der Waals surface area (Å²) in [7, 11) is 1.60. The lowest BCUT2D eigenvalue weighted by molar-refractivity contribution is 0.108. The van der Waals surface area contributed by atoms with Gasteiger partial charge in [0, 0.05) is 18.5 Å². The molecule has 5 heteroatoms. The van der Waals surface area contributed by atoms with Crippen LogP contribution in [0.3, 0.4) is 0 Å². The molecule has 5 nitrogen and oxygen atoms in total. The molecule has 2 aromatic carbocycles. The summed E-state index contributed by atoms with van der Waals surface area (Å²) in [5.41, 5.74) is 2.32. The molecule has 1 N–H and O–H groups in total. The van der Waals surface area contributed by atoms with E-state index in [0.29, 0.717) is 11.5 Å². The highest BCUT2D eigenvalue weighted by Crippen LogP contribution is 2.22. The third kappa shape index (κ3) is 3.15. The molecule has 0 saturated carbocycles. The number of benzene rings is 2. The molecule has 0 aliphatic heterocycles. The fourth-order valence-corrected chi connectivity index (χ4v) is 2.15. The number of rotatable bonds is 5. The number of aliphatic hydroxyl groups excluding tert-OH is 1. The molecular weight excluding hydrogens is 280 g/mol. The van der Waals surface area contributed by atoms with Gasteiger partial charge < -0.3 is 14.6 Å². The van der Waals surface area contributed by atoms with Crippen LogP contribution in [0, 0.1) is 0 Å². The second-order valence-corrected chi connectivity index (χ2v) is 4.81. The molecule has 112 valence electrons. The molecule has 22 heavy (non-hydrogen) atoms. The van der Waals surface area contributed by atoms with Crippen molar-refractivity contribution >= 4 is 11.0 Å². The van der Waals surface area contributed by atoms with Gasteiger partial charge in [-0.15, -0.1) is 0 Å². The summed E-state index contributed by atoms with van der Waals surface area (Å²) in [6.07, 6.45) is 2.56. The zero-order chi connectivity index (χ0) is 15.4. The highest BCUT2D eigenvalue weighted by atomic mass is 16.5. The van der Waals surface area contributed by atoms with E-state index in [1.165, 1.54) is 0 Å². The lowest BCUT2D eigenvalue weighted by Crippen LogP contribution is -2.09. The number of fused-ring (bicyclic) bond motifs is 1. The van der Waals surface area contributed by atoms with Gasteiger partial charge in [0.2, 0.25) is 0 Å². The third-order valence-corrected chi connectivity index (χ3v) is 3.33. The van der Waals surface area contributed by atoms with Gasteiger partial charge in [-0.1, -0.05) is 12.1 Å². The van der Waals surface area contributed by atoms with Crippen LogP contribution in [0.2, 0.25) is 0 Å². The summed E-state index contributed by atoms with van der Waals surface area (Å²) >= 11 is 0. The molecule has 0 spiro atoms.